The van der Waals surface area contributed by atoms with Gasteiger partial charge in [-0.05, 0) is 25.7 Å². The van der Waals surface area contributed by atoms with Gasteiger partial charge in [0.1, 0.15) is 4.90 Å². The molecule has 1 aliphatic heterocycles. The van der Waals surface area contributed by atoms with Gasteiger partial charge in [0.2, 0.25) is 10.0 Å². The predicted octanol–water partition coefficient (Wildman–Crippen LogP) is 0.121. The van der Waals surface area contributed by atoms with E-state index in [0.29, 0.717) is 13.2 Å². The Balaban J connectivity index is 2.14. The largest absolute Gasteiger partial charge is 0.476 e. The van der Waals surface area contributed by atoms with Crippen molar-refractivity contribution in [3.8, 4) is 0 Å². The van der Waals surface area contributed by atoms with Crippen LogP contribution in [-0.2, 0) is 14.8 Å². The van der Waals surface area contributed by atoms with Gasteiger partial charge in [-0.3, -0.25) is 5.10 Å². The van der Waals surface area contributed by atoms with Crippen LogP contribution in [0.3, 0.4) is 0 Å². The third-order valence-corrected chi connectivity index (χ3v) is 4.85. The van der Waals surface area contributed by atoms with E-state index in [-0.39, 0.29) is 23.1 Å². The summed E-state index contributed by atoms with van der Waals surface area (Å²) in [6, 6.07) is 0. The molecule has 1 saturated heterocycles. The minimum Gasteiger partial charge on any atom is -0.476 e. The summed E-state index contributed by atoms with van der Waals surface area (Å²) in [6.45, 7) is 2.99. The van der Waals surface area contributed by atoms with Gasteiger partial charge in [0.05, 0.1) is 5.69 Å². The number of carbonyl (C=O) groups is 1. The van der Waals surface area contributed by atoms with Crippen LogP contribution >= 0.6 is 0 Å². The lowest BCUT2D eigenvalue weighted by atomic mass is 10.0. The highest BCUT2D eigenvalue weighted by Crippen LogP contribution is 2.19. The van der Waals surface area contributed by atoms with E-state index in [4.69, 9.17) is 9.84 Å². The van der Waals surface area contributed by atoms with Gasteiger partial charge < -0.3 is 9.84 Å². The molecule has 0 aromatic carbocycles. The second kappa shape index (κ2) is 5.90. The third kappa shape index (κ3) is 3.17. The van der Waals surface area contributed by atoms with Crippen LogP contribution in [0.15, 0.2) is 4.90 Å². The molecule has 112 valence electrons. The molecule has 0 atom stereocenters. The molecule has 8 nitrogen and oxygen atoms in total. The van der Waals surface area contributed by atoms with Gasteiger partial charge in [-0.25, -0.2) is 17.9 Å². The number of hydrogen-bond acceptors (Lipinski definition) is 5. The Bertz CT molecular complexity index is 589. The summed E-state index contributed by atoms with van der Waals surface area (Å²) in [6.07, 6.45) is 1.58. The summed E-state index contributed by atoms with van der Waals surface area (Å²) in [7, 11) is -3.89. The van der Waals surface area contributed by atoms with E-state index in [2.05, 4.69) is 14.9 Å². The van der Waals surface area contributed by atoms with Crippen molar-refractivity contribution in [3.63, 3.8) is 0 Å². The number of nitrogens with zero attached hydrogens (tertiary/aromatic N) is 1. The van der Waals surface area contributed by atoms with Crippen molar-refractivity contribution in [3.05, 3.63) is 11.4 Å². The molecule has 1 aromatic heterocycles. The fourth-order valence-corrected chi connectivity index (χ4v) is 3.58. The van der Waals surface area contributed by atoms with Crippen molar-refractivity contribution in [1.82, 2.24) is 14.9 Å². The van der Waals surface area contributed by atoms with Crippen molar-refractivity contribution >= 4 is 16.0 Å². The van der Waals surface area contributed by atoms with E-state index in [9.17, 15) is 13.2 Å². The van der Waals surface area contributed by atoms with Crippen LogP contribution in [0, 0.1) is 12.8 Å². The van der Waals surface area contributed by atoms with Gasteiger partial charge in [-0.1, -0.05) is 0 Å². The van der Waals surface area contributed by atoms with Crippen molar-refractivity contribution in [2.24, 2.45) is 5.92 Å². The fourth-order valence-electron chi connectivity index (χ4n) is 2.14. The molecule has 2 rings (SSSR count). The van der Waals surface area contributed by atoms with Crippen molar-refractivity contribution < 1.29 is 23.1 Å². The van der Waals surface area contributed by atoms with Gasteiger partial charge in [-0.2, -0.15) is 5.10 Å². The summed E-state index contributed by atoms with van der Waals surface area (Å²) in [5.41, 5.74) is -0.274. The zero-order valence-corrected chi connectivity index (χ0v) is 11.9. The Hall–Kier alpha value is -1.45. The fraction of sp³-hybridized carbons (Fsp3) is 0.636. The quantitative estimate of drug-likeness (QED) is 0.710. The lowest BCUT2D eigenvalue weighted by Crippen LogP contribution is -2.33. The molecule has 0 unspecified atom stereocenters. The molecule has 20 heavy (non-hydrogen) atoms. The average Bonchev–Trinajstić information content (AvgIpc) is 2.81. The van der Waals surface area contributed by atoms with Crippen LogP contribution in [-0.4, -0.2) is 49.4 Å². The number of nitrogens with one attached hydrogen (secondary N) is 2. The van der Waals surface area contributed by atoms with Gasteiger partial charge >= 0.3 is 5.97 Å². The summed E-state index contributed by atoms with van der Waals surface area (Å²) in [5, 5.41) is 14.9. The van der Waals surface area contributed by atoms with Gasteiger partial charge in [0.25, 0.3) is 0 Å². The number of aryl methyl sites for hydroxylation is 1. The minimum atomic E-state index is -3.89. The van der Waals surface area contributed by atoms with Crippen LogP contribution in [0.2, 0.25) is 0 Å². The number of aromatic carboxylic acids is 1. The summed E-state index contributed by atoms with van der Waals surface area (Å²) in [4.78, 5) is 10.7. The van der Waals surface area contributed by atoms with E-state index in [1.807, 2.05) is 0 Å². The standard InChI is InChI=1S/C11H17N3O5S/c1-7-10(9(11(15)16)14-13-7)20(17,18)12-6-8-2-4-19-5-3-8/h8,12H,2-6H2,1H3,(H,13,14)(H,15,16). The molecule has 0 saturated carbocycles. The number of carboxylic acids is 1. The zero-order chi connectivity index (χ0) is 14.8. The Kier molecular flexibility index (Phi) is 4.41. The van der Waals surface area contributed by atoms with Crippen molar-refractivity contribution in [2.45, 2.75) is 24.7 Å². The third-order valence-electron chi connectivity index (χ3n) is 3.27. The minimum absolute atomic E-state index is 0.207. The first-order valence-corrected chi connectivity index (χ1v) is 7.76. The van der Waals surface area contributed by atoms with Crippen LogP contribution in [0.1, 0.15) is 29.0 Å². The first-order valence-electron chi connectivity index (χ1n) is 6.27. The Morgan fingerprint density at radius 3 is 2.75 bits per heavy atom. The lowest BCUT2D eigenvalue weighted by molar-refractivity contribution is 0.0678. The van der Waals surface area contributed by atoms with E-state index in [1.54, 1.807) is 0 Å². The molecular weight excluding hydrogens is 286 g/mol. The Morgan fingerprint density at radius 2 is 2.15 bits per heavy atom. The number of hydrogen-bond donors (Lipinski definition) is 3. The molecule has 1 aliphatic rings. The second-order valence-corrected chi connectivity index (χ2v) is 6.44. The average molecular weight is 303 g/mol. The van der Waals surface area contributed by atoms with E-state index in [1.165, 1.54) is 6.92 Å². The summed E-state index contributed by atoms with van der Waals surface area (Å²) in [5.74, 6) is -1.17. The number of aromatic nitrogens is 2. The van der Waals surface area contributed by atoms with E-state index >= 15 is 0 Å². The number of sulfonamides is 1. The maximum absolute atomic E-state index is 12.2. The highest BCUT2D eigenvalue weighted by Gasteiger charge is 2.28. The normalized spacial score (nSPS) is 17.2. The number of carboxylic acid groups (broad SMARTS) is 1. The molecule has 1 fully saturated rings. The molecule has 0 aliphatic carbocycles. The number of ether oxygens (including phenoxy) is 1. The molecule has 0 radical (unpaired) electrons. The Labute approximate surface area is 116 Å². The number of H-pyrrole nitrogens is 1. The number of aromatic amines is 1. The van der Waals surface area contributed by atoms with E-state index in [0.717, 1.165) is 12.8 Å². The Morgan fingerprint density at radius 1 is 1.50 bits per heavy atom. The number of rotatable bonds is 5. The SMILES string of the molecule is Cc1[nH]nc(C(=O)O)c1S(=O)(=O)NCC1CCOCC1. The highest BCUT2D eigenvalue weighted by molar-refractivity contribution is 7.89. The zero-order valence-electron chi connectivity index (χ0n) is 11.0. The van der Waals surface area contributed by atoms with Gasteiger partial charge in [0, 0.05) is 19.8 Å². The molecule has 2 heterocycles. The van der Waals surface area contributed by atoms with Gasteiger partial charge in [0.15, 0.2) is 5.69 Å². The van der Waals surface area contributed by atoms with Crippen molar-refractivity contribution in [1.29, 1.82) is 0 Å². The predicted molar refractivity (Wildman–Crippen MR) is 69.0 cm³/mol. The first kappa shape index (κ1) is 14.9. The smallest absolute Gasteiger partial charge is 0.357 e. The maximum Gasteiger partial charge on any atom is 0.357 e. The van der Waals surface area contributed by atoms with Crippen LogP contribution < -0.4 is 4.72 Å². The lowest BCUT2D eigenvalue weighted by Gasteiger charge is -2.22. The monoisotopic (exact) mass is 303 g/mol. The molecular formula is C11H17N3O5S. The van der Waals surface area contributed by atoms with Gasteiger partial charge in [-0.15, -0.1) is 0 Å². The molecule has 0 bridgehead atoms. The van der Waals surface area contributed by atoms with Crippen molar-refractivity contribution in [2.75, 3.05) is 19.8 Å². The van der Waals surface area contributed by atoms with E-state index < -0.39 is 21.7 Å². The highest BCUT2D eigenvalue weighted by atomic mass is 32.2. The molecule has 3 N–H and O–H groups in total. The first-order chi connectivity index (χ1) is 9.42. The molecule has 0 spiro atoms. The summed E-state index contributed by atoms with van der Waals surface area (Å²) < 4.78 is 32.1. The topological polar surface area (TPSA) is 121 Å². The van der Waals surface area contributed by atoms with Crippen LogP contribution in [0.4, 0.5) is 0 Å². The maximum atomic E-state index is 12.2. The second-order valence-electron chi connectivity index (χ2n) is 4.74. The molecule has 0 amide bonds. The van der Waals surface area contributed by atoms with Crippen LogP contribution in [0.5, 0.6) is 0 Å². The summed E-state index contributed by atoms with van der Waals surface area (Å²) >= 11 is 0. The van der Waals surface area contributed by atoms with Crippen LogP contribution in [0.25, 0.3) is 0 Å². The molecule has 9 heteroatoms. The molecule has 1 aromatic rings.